The average Bonchev–Trinajstić information content (AvgIpc) is 2.98. The van der Waals surface area contributed by atoms with Gasteiger partial charge in [0.2, 0.25) is 0 Å². The minimum atomic E-state index is -3.83. The molecule has 0 radical (unpaired) electrons. The van der Waals surface area contributed by atoms with Gasteiger partial charge in [-0.15, -0.1) is 0 Å². The zero-order valence-electron chi connectivity index (χ0n) is 12.4. The molecule has 6 heteroatoms. The summed E-state index contributed by atoms with van der Waals surface area (Å²) in [5.74, 6) is 0.0404. The number of hydrogen-bond donors (Lipinski definition) is 0. The predicted molar refractivity (Wildman–Crippen MR) is 87.6 cm³/mol. The predicted octanol–water partition coefficient (Wildman–Crippen LogP) is 3.67. The van der Waals surface area contributed by atoms with Gasteiger partial charge in [-0.05, 0) is 42.0 Å². The normalized spacial score (nSPS) is 11.6. The maximum Gasteiger partial charge on any atom is 0.268 e. The van der Waals surface area contributed by atoms with Crippen LogP contribution in [0, 0.1) is 5.82 Å². The Kier molecular flexibility index (Phi) is 3.69. The van der Waals surface area contributed by atoms with Crippen molar-refractivity contribution in [3.63, 3.8) is 0 Å². The first-order valence-corrected chi connectivity index (χ1v) is 8.24. The summed E-state index contributed by atoms with van der Waals surface area (Å²) >= 11 is 0. The lowest BCUT2D eigenvalue weighted by atomic mass is 10.1. The molecule has 0 bridgehead atoms. The first kappa shape index (κ1) is 15.3. The van der Waals surface area contributed by atoms with Crippen molar-refractivity contribution in [2.45, 2.75) is 4.90 Å². The van der Waals surface area contributed by atoms with E-state index in [2.05, 4.69) is 6.58 Å². The second kappa shape index (κ2) is 5.55. The molecule has 0 aliphatic rings. The lowest BCUT2D eigenvalue weighted by Gasteiger charge is -2.09. The molecule has 0 aliphatic carbocycles. The molecule has 3 aromatic rings. The van der Waals surface area contributed by atoms with Crippen LogP contribution in [0.5, 0.6) is 5.75 Å². The zero-order chi connectivity index (χ0) is 16.6. The summed E-state index contributed by atoms with van der Waals surface area (Å²) < 4.78 is 45.0. The number of methoxy groups -OCH3 is 1. The Morgan fingerprint density at radius 1 is 1.17 bits per heavy atom. The molecule has 1 heterocycles. The number of benzene rings is 2. The van der Waals surface area contributed by atoms with Gasteiger partial charge in [0.15, 0.2) is 0 Å². The van der Waals surface area contributed by atoms with Crippen LogP contribution in [0.25, 0.3) is 17.0 Å². The van der Waals surface area contributed by atoms with Crippen LogP contribution in [-0.4, -0.2) is 19.5 Å². The summed E-state index contributed by atoms with van der Waals surface area (Å²) in [6, 6.07) is 9.85. The molecule has 0 saturated heterocycles. The van der Waals surface area contributed by atoms with Gasteiger partial charge in [-0.2, -0.15) is 0 Å². The van der Waals surface area contributed by atoms with Crippen molar-refractivity contribution < 1.29 is 17.5 Å². The second-order valence-corrected chi connectivity index (χ2v) is 6.74. The lowest BCUT2D eigenvalue weighted by molar-refractivity contribution is 0.415. The number of ether oxygens (including phenoxy) is 1. The quantitative estimate of drug-likeness (QED) is 0.733. The summed E-state index contributed by atoms with van der Waals surface area (Å²) in [5.41, 5.74) is 1.25. The molecule has 0 atom stereocenters. The third-order valence-electron chi connectivity index (χ3n) is 3.60. The summed E-state index contributed by atoms with van der Waals surface area (Å²) in [4.78, 5) is 0.0133. The minimum absolute atomic E-state index is 0.0133. The highest BCUT2D eigenvalue weighted by Crippen LogP contribution is 2.29. The van der Waals surface area contributed by atoms with E-state index in [9.17, 15) is 12.8 Å². The minimum Gasteiger partial charge on any atom is -0.497 e. The van der Waals surface area contributed by atoms with Crippen LogP contribution in [0.1, 0.15) is 5.56 Å². The molecule has 0 spiro atoms. The van der Waals surface area contributed by atoms with Gasteiger partial charge in [-0.1, -0.05) is 12.7 Å². The van der Waals surface area contributed by atoms with Crippen molar-refractivity contribution in [2.75, 3.05) is 7.11 Å². The van der Waals surface area contributed by atoms with Gasteiger partial charge >= 0.3 is 0 Å². The van der Waals surface area contributed by atoms with Gasteiger partial charge in [0.25, 0.3) is 10.0 Å². The van der Waals surface area contributed by atoms with E-state index in [-0.39, 0.29) is 4.90 Å². The SMILES string of the molecule is C=Cc1cc(OC)cc2c1ccn2S(=O)(=O)c1ccc(F)cc1. The molecule has 0 unspecified atom stereocenters. The molecule has 2 aromatic carbocycles. The molecule has 23 heavy (non-hydrogen) atoms. The molecule has 0 saturated carbocycles. The summed E-state index contributed by atoms with van der Waals surface area (Å²) in [6.07, 6.45) is 3.11. The highest BCUT2D eigenvalue weighted by molar-refractivity contribution is 7.90. The van der Waals surface area contributed by atoms with Crippen molar-refractivity contribution in [1.82, 2.24) is 3.97 Å². The Morgan fingerprint density at radius 3 is 2.48 bits per heavy atom. The number of halogens is 1. The molecule has 3 rings (SSSR count). The van der Waals surface area contributed by atoms with Gasteiger partial charge in [0.1, 0.15) is 11.6 Å². The Morgan fingerprint density at radius 2 is 1.87 bits per heavy atom. The van der Waals surface area contributed by atoms with E-state index in [0.717, 1.165) is 27.1 Å². The molecule has 0 N–H and O–H groups in total. The first-order valence-electron chi connectivity index (χ1n) is 6.80. The molecule has 118 valence electrons. The number of fused-ring (bicyclic) bond motifs is 1. The maximum absolute atomic E-state index is 13.0. The van der Waals surface area contributed by atoms with Crippen LogP contribution in [0.3, 0.4) is 0 Å². The van der Waals surface area contributed by atoms with Crippen molar-refractivity contribution in [2.24, 2.45) is 0 Å². The fraction of sp³-hybridized carbons (Fsp3) is 0.0588. The number of aromatic nitrogens is 1. The Hall–Kier alpha value is -2.60. The Balaban J connectivity index is 2.27. The van der Waals surface area contributed by atoms with Crippen LogP contribution in [-0.2, 0) is 10.0 Å². The number of nitrogens with zero attached hydrogens (tertiary/aromatic N) is 1. The fourth-order valence-corrected chi connectivity index (χ4v) is 3.77. The van der Waals surface area contributed by atoms with Crippen molar-refractivity contribution in [1.29, 1.82) is 0 Å². The smallest absolute Gasteiger partial charge is 0.268 e. The van der Waals surface area contributed by atoms with Gasteiger partial charge in [-0.3, -0.25) is 0 Å². The van der Waals surface area contributed by atoms with Crippen LogP contribution in [0.2, 0.25) is 0 Å². The summed E-state index contributed by atoms with van der Waals surface area (Å²) in [5, 5.41) is 0.742. The Bertz CT molecular complexity index is 989. The standard InChI is InChI=1S/C17H14FNO3S/c1-3-12-10-14(22-2)11-17-16(12)8-9-19(17)23(20,21)15-6-4-13(18)5-7-15/h3-11H,1H2,2H3. The van der Waals surface area contributed by atoms with Crippen molar-refractivity contribution >= 4 is 27.0 Å². The van der Waals surface area contributed by atoms with Crippen LogP contribution in [0.15, 0.2) is 60.1 Å². The van der Waals surface area contributed by atoms with E-state index in [1.54, 1.807) is 24.3 Å². The molecular formula is C17H14FNO3S. The molecule has 0 amide bonds. The second-order valence-electron chi connectivity index (χ2n) is 4.92. The van der Waals surface area contributed by atoms with E-state index >= 15 is 0 Å². The molecule has 0 fully saturated rings. The molecule has 1 aromatic heterocycles. The van der Waals surface area contributed by atoms with E-state index < -0.39 is 15.8 Å². The van der Waals surface area contributed by atoms with Gasteiger partial charge in [0, 0.05) is 17.6 Å². The largest absolute Gasteiger partial charge is 0.497 e. The average molecular weight is 331 g/mol. The first-order chi connectivity index (χ1) is 11.0. The van der Waals surface area contributed by atoms with Crippen LogP contribution in [0.4, 0.5) is 4.39 Å². The van der Waals surface area contributed by atoms with Gasteiger partial charge < -0.3 is 4.74 Å². The van der Waals surface area contributed by atoms with Gasteiger partial charge in [0.05, 0.1) is 17.5 Å². The van der Waals surface area contributed by atoms with E-state index in [1.807, 2.05) is 0 Å². The lowest BCUT2D eigenvalue weighted by Crippen LogP contribution is -2.11. The zero-order valence-corrected chi connectivity index (χ0v) is 13.2. The van der Waals surface area contributed by atoms with Crippen LogP contribution < -0.4 is 4.74 Å². The van der Waals surface area contributed by atoms with Gasteiger partial charge in [-0.25, -0.2) is 16.8 Å². The fourth-order valence-electron chi connectivity index (χ4n) is 2.44. The van der Waals surface area contributed by atoms with E-state index in [4.69, 9.17) is 4.74 Å². The van der Waals surface area contributed by atoms with Crippen molar-refractivity contribution in [3.05, 3.63) is 66.6 Å². The molecule has 4 nitrogen and oxygen atoms in total. The number of hydrogen-bond acceptors (Lipinski definition) is 3. The third kappa shape index (κ3) is 2.51. The Labute approximate surface area is 133 Å². The summed E-state index contributed by atoms with van der Waals surface area (Å²) in [7, 11) is -2.32. The van der Waals surface area contributed by atoms with E-state index in [1.165, 1.54) is 25.4 Å². The molecular weight excluding hydrogens is 317 g/mol. The van der Waals surface area contributed by atoms with Crippen LogP contribution >= 0.6 is 0 Å². The molecule has 0 aliphatic heterocycles. The third-order valence-corrected chi connectivity index (χ3v) is 5.31. The monoisotopic (exact) mass is 331 g/mol. The maximum atomic E-state index is 13.0. The van der Waals surface area contributed by atoms with Crippen molar-refractivity contribution in [3.8, 4) is 5.75 Å². The van der Waals surface area contributed by atoms with E-state index in [0.29, 0.717) is 11.3 Å². The topological polar surface area (TPSA) is 48.3 Å². The highest BCUT2D eigenvalue weighted by atomic mass is 32.2. The summed E-state index contributed by atoms with van der Waals surface area (Å²) in [6.45, 7) is 3.74. The highest BCUT2D eigenvalue weighted by Gasteiger charge is 2.20. The number of rotatable bonds is 4.